The van der Waals surface area contributed by atoms with Crippen LogP contribution >= 0.6 is 11.3 Å². The molecule has 1 atom stereocenters. The van der Waals surface area contributed by atoms with Gasteiger partial charge in [0.15, 0.2) is 0 Å². The van der Waals surface area contributed by atoms with E-state index in [4.69, 9.17) is 0 Å². The number of thiazole rings is 1. The van der Waals surface area contributed by atoms with E-state index in [-0.39, 0.29) is 5.91 Å². The van der Waals surface area contributed by atoms with Crippen LogP contribution in [0.5, 0.6) is 0 Å². The minimum atomic E-state index is -0.0786. The average molecular weight is 262 g/mol. The van der Waals surface area contributed by atoms with Gasteiger partial charge in [0.1, 0.15) is 11.5 Å². The molecule has 1 aliphatic rings. The van der Waals surface area contributed by atoms with Crippen LogP contribution in [0.1, 0.15) is 22.7 Å². The number of nitrogens with one attached hydrogen (secondary N) is 1. The van der Waals surface area contributed by atoms with Crippen molar-refractivity contribution in [2.24, 2.45) is 5.92 Å². The van der Waals surface area contributed by atoms with Crippen LogP contribution in [-0.2, 0) is 13.0 Å². The summed E-state index contributed by atoms with van der Waals surface area (Å²) in [5, 5.41) is 4.71. The summed E-state index contributed by atoms with van der Waals surface area (Å²) in [6.07, 6.45) is 5.87. The number of hydrogen-bond acceptors (Lipinski definition) is 4. The van der Waals surface area contributed by atoms with Crippen LogP contribution in [0.2, 0.25) is 0 Å². The quantitative estimate of drug-likeness (QED) is 0.908. The van der Waals surface area contributed by atoms with Gasteiger partial charge in [0.25, 0.3) is 5.91 Å². The largest absolute Gasteiger partial charge is 0.350 e. The van der Waals surface area contributed by atoms with Gasteiger partial charge in [0.05, 0.1) is 5.51 Å². The van der Waals surface area contributed by atoms with E-state index in [0.29, 0.717) is 18.2 Å². The first-order chi connectivity index (χ1) is 8.83. The molecular formula is C12H14N4OS. The highest BCUT2D eigenvalue weighted by Crippen LogP contribution is 2.18. The number of rotatable bonds is 3. The van der Waals surface area contributed by atoms with Crippen LogP contribution in [0.3, 0.4) is 0 Å². The van der Waals surface area contributed by atoms with Crippen LogP contribution in [0.15, 0.2) is 23.3 Å². The average Bonchev–Trinajstić information content (AvgIpc) is 3.05. The van der Waals surface area contributed by atoms with E-state index in [1.165, 1.54) is 11.3 Å². The fourth-order valence-electron chi connectivity index (χ4n) is 2.24. The zero-order chi connectivity index (χ0) is 12.4. The van der Waals surface area contributed by atoms with Gasteiger partial charge in [-0.25, -0.2) is 9.97 Å². The summed E-state index contributed by atoms with van der Waals surface area (Å²) in [7, 11) is 0. The Kier molecular flexibility index (Phi) is 3.10. The number of amides is 1. The number of aromatic nitrogens is 3. The molecule has 1 N–H and O–H groups in total. The van der Waals surface area contributed by atoms with E-state index in [1.54, 1.807) is 10.9 Å². The van der Waals surface area contributed by atoms with Crippen molar-refractivity contribution in [2.75, 3.05) is 6.54 Å². The molecule has 18 heavy (non-hydrogen) atoms. The van der Waals surface area contributed by atoms with Crippen molar-refractivity contribution in [1.29, 1.82) is 0 Å². The monoisotopic (exact) mass is 262 g/mol. The first kappa shape index (κ1) is 11.4. The molecule has 0 saturated heterocycles. The van der Waals surface area contributed by atoms with Gasteiger partial charge in [0.2, 0.25) is 0 Å². The van der Waals surface area contributed by atoms with Crippen LogP contribution in [-0.4, -0.2) is 27.0 Å². The molecule has 5 nitrogen and oxygen atoms in total. The van der Waals surface area contributed by atoms with Crippen molar-refractivity contribution in [1.82, 2.24) is 19.9 Å². The fraction of sp³-hybridized carbons (Fsp3) is 0.417. The molecule has 2 aromatic rings. The van der Waals surface area contributed by atoms with Crippen molar-refractivity contribution in [3.05, 3.63) is 34.8 Å². The molecule has 1 aliphatic heterocycles. The molecule has 3 rings (SSSR count). The Morgan fingerprint density at radius 1 is 1.56 bits per heavy atom. The van der Waals surface area contributed by atoms with Gasteiger partial charge < -0.3 is 9.88 Å². The number of nitrogens with zero attached hydrogens (tertiary/aromatic N) is 3. The molecule has 6 heteroatoms. The maximum atomic E-state index is 11.8. The molecule has 0 saturated carbocycles. The zero-order valence-corrected chi connectivity index (χ0v) is 10.7. The van der Waals surface area contributed by atoms with Gasteiger partial charge in [-0.15, -0.1) is 11.3 Å². The van der Waals surface area contributed by atoms with Crippen molar-refractivity contribution < 1.29 is 4.79 Å². The SMILES string of the molecule is O=C(NC[C@H]1CCn2ccnc2C1)c1cscn1. The van der Waals surface area contributed by atoms with Crippen molar-refractivity contribution in [3.8, 4) is 0 Å². The Morgan fingerprint density at radius 2 is 2.50 bits per heavy atom. The van der Waals surface area contributed by atoms with E-state index in [1.807, 2.05) is 12.4 Å². The maximum Gasteiger partial charge on any atom is 0.270 e. The molecule has 0 aromatic carbocycles. The summed E-state index contributed by atoms with van der Waals surface area (Å²) >= 11 is 1.44. The summed E-state index contributed by atoms with van der Waals surface area (Å²) in [5.74, 6) is 1.52. The van der Waals surface area contributed by atoms with Crippen molar-refractivity contribution in [3.63, 3.8) is 0 Å². The third kappa shape index (κ3) is 2.28. The van der Waals surface area contributed by atoms with Crippen LogP contribution in [0.25, 0.3) is 0 Å². The molecule has 0 radical (unpaired) electrons. The number of carbonyl (C=O) groups excluding carboxylic acids is 1. The minimum absolute atomic E-state index is 0.0786. The highest BCUT2D eigenvalue weighted by atomic mass is 32.1. The molecule has 0 spiro atoms. The lowest BCUT2D eigenvalue weighted by Crippen LogP contribution is -2.33. The molecule has 0 unspecified atom stereocenters. The summed E-state index contributed by atoms with van der Waals surface area (Å²) in [6, 6.07) is 0. The Bertz CT molecular complexity index is 534. The van der Waals surface area contributed by atoms with E-state index in [2.05, 4.69) is 19.9 Å². The zero-order valence-electron chi connectivity index (χ0n) is 9.87. The van der Waals surface area contributed by atoms with Gasteiger partial charge in [-0.1, -0.05) is 0 Å². The number of imidazole rings is 1. The lowest BCUT2D eigenvalue weighted by atomic mass is 9.98. The smallest absolute Gasteiger partial charge is 0.270 e. The summed E-state index contributed by atoms with van der Waals surface area (Å²) in [5.41, 5.74) is 2.18. The third-order valence-corrected chi connectivity index (χ3v) is 3.85. The van der Waals surface area contributed by atoms with E-state index in [9.17, 15) is 4.79 Å². The second-order valence-corrected chi connectivity index (χ2v) is 5.20. The molecule has 2 aromatic heterocycles. The van der Waals surface area contributed by atoms with Crippen LogP contribution < -0.4 is 5.32 Å². The topological polar surface area (TPSA) is 59.8 Å². The molecule has 1 amide bonds. The second-order valence-electron chi connectivity index (χ2n) is 4.48. The van der Waals surface area contributed by atoms with E-state index in [0.717, 1.165) is 25.2 Å². The Labute approximate surface area is 109 Å². The standard InChI is InChI=1S/C12H14N4OS/c17-12(10-7-18-8-15-10)14-6-9-1-3-16-4-2-13-11(16)5-9/h2,4,7-9H,1,3,5-6H2,(H,14,17)/t9-/m0/s1. The highest BCUT2D eigenvalue weighted by molar-refractivity contribution is 7.07. The molecule has 0 aliphatic carbocycles. The van der Waals surface area contributed by atoms with Gasteiger partial charge in [0, 0.05) is 37.3 Å². The molecular weight excluding hydrogens is 248 g/mol. The van der Waals surface area contributed by atoms with Crippen LogP contribution in [0, 0.1) is 5.92 Å². The number of hydrogen-bond donors (Lipinski definition) is 1. The number of aryl methyl sites for hydroxylation is 1. The second kappa shape index (κ2) is 4.89. The fourth-order valence-corrected chi connectivity index (χ4v) is 2.77. The Balaban J connectivity index is 1.54. The molecule has 0 bridgehead atoms. The van der Waals surface area contributed by atoms with E-state index < -0.39 is 0 Å². The highest BCUT2D eigenvalue weighted by Gasteiger charge is 2.20. The first-order valence-corrected chi connectivity index (χ1v) is 6.93. The minimum Gasteiger partial charge on any atom is -0.350 e. The summed E-state index contributed by atoms with van der Waals surface area (Å²) < 4.78 is 2.18. The van der Waals surface area contributed by atoms with Crippen LogP contribution in [0.4, 0.5) is 0 Å². The predicted molar refractivity (Wildman–Crippen MR) is 68.5 cm³/mol. The third-order valence-electron chi connectivity index (χ3n) is 3.27. The predicted octanol–water partition coefficient (Wildman–Crippen LogP) is 1.33. The normalized spacial score (nSPS) is 18.3. The van der Waals surface area contributed by atoms with Crippen molar-refractivity contribution >= 4 is 17.2 Å². The molecule has 94 valence electrons. The van der Waals surface area contributed by atoms with Gasteiger partial charge >= 0.3 is 0 Å². The molecule has 0 fully saturated rings. The summed E-state index contributed by atoms with van der Waals surface area (Å²) in [4.78, 5) is 20.1. The van der Waals surface area contributed by atoms with Crippen molar-refractivity contribution in [2.45, 2.75) is 19.4 Å². The summed E-state index contributed by atoms with van der Waals surface area (Å²) in [6.45, 7) is 1.69. The lowest BCUT2D eigenvalue weighted by Gasteiger charge is -2.23. The first-order valence-electron chi connectivity index (χ1n) is 5.99. The van der Waals surface area contributed by atoms with Gasteiger partial charge in [-0.2, -0.15) is 0 Å². The number of fused-ring (bicyclic) bond motifs is 1. The molecule has 3 heterocycles. The lowest BCUT2D eigenvalue weighted by molar-refractivity contribution is 0.0940. The number of carbonyl (C=O) groups is 1. The van der Waals surface area contributed by atoms with E-state index >= 15 is 0 Å². The Morgan fingerprint density at radius 3 is 3.33 bits per heavy atom. The van der Waals surface area contributed by atoms with Gasteiger partial charge in [-0.3, -0.25) is 4.79 Å². The maximum absolute atomic E-state index is 11.8. The van der Waals surface area contributed by atoms with Gasteiger partial charge in [-0.05, 0) is 12.3 Å². The Hall–Kier alpha value is -1.69.